The zero-order chi connectivity index (χ0) is 6.57. The van der Waals surface area contributed by atoms with Crippen LogP contribution in [0.25, 0.3) is 0 Å². The monoisotopic (exact) mass is 116 g/mol. The Morgan fingerprint density at radius 2 is 2.25 bits per heavy atom. The van der Waals surface area contributed by atoms with Crippen LogP contribution in [0, 0.1) is 0 Å². The van der Waals surface area contributed by atoms with Crippen LogP contribution in [-0.4, -0.2) is 22.3 Å². The normalized spacial score (nSPS) is 14.2. The average Bonchev–Trinajstić information content (AvgIpc) is 1.67. The van der Waals surface area contributed by atoms with E-state index in [0.29, 0.717) is 0 Å². The van der Waals surface area contributed by atoms with Crippen LogP contribution in [0.1, 0.15) is 6.92 Å². The van der Waals surface area contributed by atoms with Gasteiger partial charge >= 0.3 is 5.97 Å². The van der Waals surface area contributed by atoms with E-state index in [0.717, 1.165) is 0 Å². The molecule has 0 saturated heterocycles. The van der Waals surface area contributed by atoms with E-state index in [9.17, 15) is 4.79 Å². The van der Waals surface area contributed by atoms with Crippen molar-refractivity contribution in [1.29, 1.82) is 0 Å². The number of aliphatic hydroxyl groups excluding tert-OH is 1. The van der Waals surface area contributed by atoms with Gasteiger partial charge in [0.1, 0.15) is 0 Å². The Bertz CT molecular complexity index is 106. The first-order chi connectivity index (χ1) is 3.68. The molecule has 0 unspecified atom stereocenters. The fourth-order valence-electron chi connectivity index (χ4n) is 0.265. The maximum absolute atomic E-state index is 9.79. The van der Waals surface area contributed by atoms with E-state index < -0.39 is 12.1 Å². The van der Waals surface area contributed by atoms with Gasteiger partial charge in [-0.2, -0.15) is 0 Å². The molecule has 46 valence electrons. The predicted molar refractivity (Wildman–Crippen MR) is 28.5 cm³/mol. The number of hydrogen-bond acceptors (Lipinski definition) is 2. The van der Waals surface area contributed by atoms with Crippen LogP contribution in [-0.2, 0) is 4.79 Å². The van der Waals surface area contributed by atoms with Gasteiger partial charge in [0.05, 0.1) is 0 Å². The predicted octanol–water partition coefficient (Wildman–Crippen LogP) is 0.00800. The number of rotatable bonds is 2. The number of allylic oxidation sites excluding steroid dienone is 1. The molecule has 2 N–H and O–H groups in total. The molecule has 0 amide bonds. The second-order valence-electron chi connectivity index (χ2n) is 1.31. The number of aliphatic hydroxyl groups is 1. The first-order valence-electron chi connectivity index (χ1n) is 2.22. The smallest absolute Gasteiger partial charge is 0.336 e. The molecule has 0 saturated carbocycles. The standard InChI is InChI=1S/C5H8O3/c1-2-3-4(6)5(7)8/h2-4,6H,1H3,(H,7,8)/b3-2+/t4-/m0/s1. The SMILES string of the molecule is C/C=C/[C@H](O)C(=O)O. The first kappa shape index (κ1) is 7.17. The quantitative estimate of drug-likeness (QED) is 0.499. The minimum atomic E-state index is -1.35. The van der Waals surface area contributed by atoms with E-state index in [4.69, 9.17) is 10.2 Å². The molecule has 8 heavy (non-hydrogen) atoms. The summed E-state index contributed by atoms with van der Waals surface area (Å²) < 4.78 is 0. The molecule has 1 atom stereocenters. The molecule has 0 heterocycles. The second kappa shape index (κ2) is 3.21. The molecule has 0 aliphatic heterocycles. The highest BCUT2D eigenvalue weighted by molar-refractivity contribution is 5.74. The van der Waals surface area contributed by atoms with Gasteiger partial charge in [-0.3, -0.25) is 0 Å². The van der Waals surface area contributed by atoms with Crippen LogP contribution in [0.2, 0.25) is 0 Å². The van der Waals surface area contributed by atoms with Crippen molar-refractivity contribution in [3.63, 3.8) is 0 Å². The van der Waals surface area contributed by atoms with E-state index in [2.05, 4.69) is 0 Å². The number of aliphatic carboxylic acids is 1. The molecule has 3 heteroatoms. The summed E-state index contributed by atoms with van der Waals surface area (Å²) in [5.41, 5.74) is 0. The molecule has 3 nitrogen and oxygen atoms in total. The number of carbonyl (C=O) groups is 1. The van der Waals surface area contributed by atoms with Crippen molar-refractivity contribution in [3.05, 3.63) is 12.2 Å². The highest BCUT2D eigenvalue weighted by Crippen LogP contribution is 1.83. The lowest BCUT2D eigenvalue weighted by Gasteiger charge is -1.93. The Morgan fingerprint density at radius 3 is 2.38 bits per heavy atom. The van der Waals surface area contributed by atoms with Crippen molar-refractivity contribution in [2.24, 2.45) is 0 Å². The first-order valence-corrected chi connectivity index (χ1v) is 2.22. The summed E-state index contributed by atoms with van der Waals surface area (Å²) >= 11 is 0. The molecular weight excluding hydrogens is 108 g/mol. The molecular formula is C5H8O3. The molecule has 0 bridgehead atoms. The Labute approximate surface area is 47.3 Å². The van der Waals surface area contributed by atoms with E-state index in [1.165, 1.54) is 12.2 Å². The van der Waals surface area contributed by atoms with Crippen molar-refractivity contribution in [2.45, 2.75) is 13.0 Å². The van der Waals surface area contributed by atoms with Gasteiger partial charge < -0.3 is 10.2 Å². The lowest BCUT2D eigenvalue weighted by atomic mass is 10.3. The third-order valence-electron chi connectivity index (χ3n) is 0.628. The van der Waals surface area contributed by atoms with Crippen molar-refractivity contribution >= 4 is 5.97 Å². The van der Waals surface area contributed by atoms with Crippen molar-refractivity contribution in [1.82, 2.24) is 0 Å². The molecule has 0 spiro atoms. The molecule has 0 rings (SSSR count). The summed E-state index contributed by atoms with van der Waals surface area (Å²) in [6.45, 7) is 1.64. The van der Waals surface area contributed by atoms with Crippen LogP contribution in [0.5, 0.6) is 0 Å². The zero-order valence-corrected chi connectivity index (χ0v) is 4.53. The van der Waals surface area contributed by atoms with Crippen molar-refractivity contribution in [2.75, 3.05) is 0 Å². The van der Waals surface area contributed by atoms with Gasteiger partial charge in [0.2, 0.25) is 0 Å². The fraction of sp³-hybridized carbons (Fsp3) is 0.400. The van der Waals surface area contributed by atoms with Crippen LogP contribution in [0.4, 0.5) is 0 Å². The van der Waals surface area contributed by atoms with Gasteiger partial charge in [0.25, 0.3) is 0 Å². The largest absolute Gasteiger partial charge is 0.479 e. The van der Waals surface area contributed by atoms with E-state index >= 15 is 0 Å². The minimum absolute atomic E-state index is 1.20. The lowest BCUT2D eigenvalue weighted by Crippen LogP contribution is -2.15. The van der Waals surface area contributed by atoms with Crippen LogP contribution in [0.3, 0.4) is 0 Å². The van der Waals surface area contributed by atoms with E-state index in [1.807, 2.05) is 0 Å². The Balaban J connectivity index is 3.64. The summed E-state index contributed by atoms with van der Waals surface area (Å²) in [6, 6.07) is 0. The molecule has 0 aromatic heterocycles. The van der Waals surface area contributed by atoms with Crippen LogP contribution in [0.15, 0.2) is 12.2 Å². The summed E-state index contributed by atoms with van der Waals surface area (Å²) in [5.74, 6) is -1.22. The van der Waals surface area contributed by atoms with Crippen molar-refractivity contribution < 1.29 is 15.0 Å². The van der Waals surface area contributed by atoms with Crippen molar-refractivity contribution in [3.8, 4) is 0 Å². The number of carboxylic acid groups (broad SMARTS) is 1. The summed E-state index contributed by atoms with van der Waals surface area (Å²) in [7, 11) is 0. The number of carboxylic acids is 1. The van der Waals surface area contributed by atoms with Gasteiger partial charge in [-0.05, 0) is 13.0 Å². The maximum atomic E-state index is 9.79. The molecule has 0 aromatic rings. The van der Waals surface area contributed by atoms with Gasteiger partial charge in [0.15, 0.2) is 6.10 Å². The highest BCUT2D eigenvalue weighted by Gasteiger charge is 2.05. The molecule has 0 aromatic carbocycles. The third-order valence-corrected chi connectivity index (χ3v) is 0.628. The molecule has 0 aliphatic carbocycles. The van der Waals surface area contributed by atoms with E-state index in [-0.39, 0.29) is 0 Å². The third kappa shape index (κ3) is 2.36. The minimum Gasteiger partial charge on any atom is -0.479 e. The lowest BCUT2D eigenvalue weighted by molar-refractivity contribution is -0.144. The number of hydrogen-bond donors (Lipinski definition) is 2. The van der Waals surface area contributed by atoms with Gasteiger partial charge in [0, 0.05) is 0 Å². The van der Waals surface area contributed by atoms with Crippen LogP contribution >= 0.6 is 0 Å². The van der Waals surface area contributed by atoms with Gasteiger partial charge in [-0.25, -0.2) is 4.79 Å². The van der Waals surface area contributed by atoms with Gasteiger partial charge in [-0.1, -0.05) is 6.08 Å². The zero-order valence-electron chi connectivity index (χ0n) is 4.53. The Kier molecular flexibility index (Phi) is 2.88. The highest BCUT2D eigenvalue weighted by atomic mass is 16.4. The fourth-order valence-corrected chi connectivity index (χ4v) is 0.265. The molecule has 0 aliphatic rings. The Morgan fingerprint density at radius 1 is 1.75 bits per heavy atom. The Hall–Kier alpha value is -0.830. The summed E-state index contributed by atoms with van der Waals surface area (Å²) in [6.07, 6.45) is 1.33. The van der Waals surface area contributed by atoms with Gasteiger partial charge in [-0.15, -0.1) is 0 Å². The average molecular weight is 116 g/mol. The molecule has 0 fully saturated rings. The second-order valence-corrected chi connectivity index (χ2v) is 1.31. The topological polar surface area (TPSA) is 57.5 Å². The summed E-state index contributed by atoms with van der Waals surface area (Å²) in [5, 5.41) is 16.5. The van der Waals surface area contributed by atoms with Crippen LogP contribution < -0.4 is 0 Å². The van der Waals surface area contributed by atoms with E-state index in [1.54, 1.807) is 6.92 Å². The summed E-state index contributed by atoms with van der Waals surface area (Å²) in [4.78, 5) is 9.79. The maximum Gasteiger partial charge on any atom is 0.336 e. The molecule has 0 radical (unpaired) electrons.